The number of rotatable bonds is 10. The molecule has 0 saturated carbocycles. The summed E-state index contributed by atoms with van der Waals surface area (Å²) in [4.78, 5) is 17.2. The Morgan fingerprint density at radius 2 is 1.94 bits per heavy atom. The largest absolute Gasteiger partial charge is 0.481 e. The number of allylic oxidation sites excluding steroid dienone is 5. The molecule has 10 heteroatoms. The number of carboxylic acids is 1. The van der Waals surface area contributed by atoms with Gasteiger partial charge >= 0.3 is 5.97 Å². The fourth-order valence-electron chi connectivity index (χ4n) is 7.64. The maximum absolute atomic E-state index is 12.0. The van der Waals surface area contributed by atoms with Crippen molar-refractivity contribution < 1.29 is 44.3 Å². The number of carboxylic acid groups (broad SMARTS) is 1. The monoisotopic (exact) mass is 657 g/mol. The molecule has 10 atom stereocenters. The third-order valence-corrected chi connectivity index (χ3v) is 9.89. The quantitative estimate of drug-likeness (QED) is 0.183. The minimum atomic E-state index is -1.81. The van der Waals surface area contributed by atoms with Crippen molar-refractivity contribution >= 4 is 11.7 Å². The molecule has 47 heavy (non-hydrogen) atoms. The summed E-state index contributed by atoms with van der Waals surface area (Å²) in [7, 11) is 1.55. The zero-order valence-electron chi connectivity index (χ0n) is 29.2. The van der Waals surface area contributed by atoms with Crippen molar-refractivity contribution in [3.8, 4) is 0 Å². The van der Waals surface area contributed by atoms with Gasteiger partial charge in [0, 0.05) is 25.2 Å². The average Bonchev–Trinajstić information content (AvgIpc) is 3.31. The van der Waals surface area contributed by atoms with E-state index in [1.54, 1.807) is 20.1 Å². The van der Waals surface area contributed by atoms with Crippen molar-refractivity contribution in [3.63, 3.8) is 0 Å². The lowest BCUT2D eigenvalue weighted by Crippen LogP contribution is -2.56. The zero-order valence-corrected chi connectivity index (χ0v) is 29.2. The lowest BCUT2D eigenvalue weighted by Gasteiger charge is -2.49. The molecule has 1 spiro atoms. The lowest BCUT2D eigenvalue weighted by atomic mass is 9.71. The zero-order chi connectivity index (χ0) is 34.7. The highest BCUT2D eigenvalue weighted by Crippen LogP contribution is 2.45. The fourth-order valence-corrected chi connectivity index (χ4v) is 7.64. The summed E-state index contributed by atoms with van der Waals surface area (Å²) >= 11 is 0. The molecule has 3 heterocycles. The summed E-state index contributed by atoms with van der Waals surface area (Å²) in [6.07, 6.45) is 10.9. The van der Waals surface area contributed by atoms with Crippen LogP contribution in [0.1, 0.15) is 80.6 Å². The maximum atomic E-state index is 12.0. The Morgan fingerprint density at radius 3 is 2.60 bits per heavy atom. The molecule has 0 unspecified atom stereocenters. The minimum absolute atomic E-state index is 0.0171. The van der Waals surface area contributed by atoms with Gasteiger partial charge < -0.3 is 39.5 Å². The highest BCUT2D eigenvalue weighted by atomic mass is 16.7. The van der Waals surface area contributed by atoms with Crippen molar-refractivity contribution in [3.05, 3.63) is 58.7 Å². The van der Waals surface area contributed by atoms with Crippen LogP contribution in [0.15, 0.2) is 63.9 Å². The van der Waals surface area contributed by atoms with Gasteiger partial charge in [-0.2, -0.15) is 0 Å². The van der Waals surface area contributed by atoms with Crippen LogP contribution in [-0.4, -0.2) is 87.7 Å². The number of fused-ring (bicyclic) bond motifs is 1. The molecule has 0 bridgehead atoms. The molecule has 262 valence electrons. The molecule has 4 N–H and O–H groups in total. The number of aliphatic hydroxyl groups is 3. The van der Waals surface area contributed by atoms with E-state index in [4.69, 9.17) is 19.0 Å². The van der Waals surface area contributed by atoms with Gasteiger partial charge in [-0.05, 0) is 62.2 Å². The van der Waals surface area contributed by atoms with Gasteiger partial charge in [0.2, 0.25) is 0 Å². The SMILES string of the molecule is CO/N=C1\C[C@@]2(C[C@@H](O)C[C@@H](C/C=C(\C)C[C@@H](C)/C=C/C=C3CO[C@@H]4[C@H](O)C(C)=C[C@@H](C(=O)O)[C@]34O)O2)O[C@H](/C(C)=C/C(C)C)[C@H]1C. The van der Waals surface area contributed by atoms with E-state index in [2.05, 4.69) is 58.9 Å². The molecule has 0 amide bonds. The van der Waals surface area contributed by atoms with Crippen molar-refractivity contribution in [2.24, 2.45) is 28.8 Å². The second kappa shape index (κ2) is 15.3. The molecule has 3 aliphatic heterocycles. The first-order valence-corrected chi connectivity index (χ1v) is 16.9. The minimum Gasteiger partial charge on any atom is -0.481 e. The lowest BCUT2D eigenvalue weighted by molar-refractivity contribution is -0.312. The third-order valence-electron chi connectivity index (χ3n) is 9.89. The molecule has 0 aromatic rings. The van der Waals surface area contributed by atoms with E-state index in [1.165, 1.54) is 11.6 Å². The summed E-state index contributed by atoms with van der Waals surface area (Å²) in [5, 5.41) is 47.1. The van der Waals surface area contributed by atoms with Crippen LogP contribution in [0.4, 0.5) is 0 Å². The Bertz CT molecular complexity index is 1330. The average molecular weight is 658 g/mol. The summed E-state index contributed by atoms with van der Waals surface area (Å²) in [5.41, 5.74) is 2.26. The van der Waals surface area contributed by atoms with Gasteiger partial charge in [0.05, 0.1) is 30.6 Å². The second-order valence-corrected chi connectivity index (χ2v) is 14.4. The van der Waals surface area contributed by atoms with Crippen molar-refractivity contribution in [2.75, 3.05) is 13.7 Å². The van der Waals surface area contributed by atoms with E-state index in [0.717, 1.165) is 17.7 Å². The third kappa shape index (κ3) is 8.35. The first-order chi connectivity index (χ1) is 22.1. The molecule has 4 rings (SSSR count). The Kier molecular flexibility index (Phi) is 12.1. The molecule has 10 nitrogen and oxygen atoms in total. The highest BCUT2D eigenvalue weighted by molar-refractivity contribution is 5.88. The Morgan fingerprint density at radius 1 is 1.21 bits per heavy atom. The Labute approximate surface area is 279 Å². The van der Waals surface area contributed by atoms with Crippen LogP contribution < -0.4 is 0 Å². The van der Waals surface area contributed by atoms with E-state index >= 15 is 0 Å². The van der Waals surface area contributed by atoms with E-state index < -0.39 is 41.6 Å². The summed E-state index contributed by atoms with van der Waals surface area (Å²) < 4.78 is 19.0. The maximum Gasteiger partial charge on any atom is 0.313 e. The number of aliphatic carboxylic acids is 1. The van der Waals surface area contributed by atoms with Gasteiger partial charge in [0.25, 0.3) is 0 Å². The summed E-state index contributed by atoms with van der Waals surface area (Å²) in [6, 6.07) is 0. The predicted octanol–water partition coefficient (Wildman–Crippen LogP) is 5.25. The van der Waals surface area contributed by atoms with Gasteiger partial charge in [-0.15, -0.1) is 0 Å². The number of ether oxygens (including phenoxy) is 3. The summed E-state index contributed by atoms with van der Waals surface area (Å²) in [6.45, 7) is 14.3. The van der Waals surface area contributed by atoms with Crippen molar-refractivity contribution in [1.82, 2.24) is 0 Å². The van der Waals surface area contributed by atoms with Gasteiger partial charge in [0.1, 0.15) is 30.8 Å². The highest BCUT2D eigenvalue weighted by Gasteiger charge is 2.59. The molecule has 0 aromatic carbocycles. The van der Waals surface area contributed by atoms with Gasteiger partial charge in [-0.1, -0.05) is 74.9 Å². The molecule has 4 aliphatic rings. The molecule has 0 aromatic heterocycles. The number of hydrogen-bond donors (Lipinski definition) is 4. The smallest absolute Gasteiger partial charge is 0.313 e. The van der Waals surface area contributed by atoms with E-state index in [-0.39, 0.29) is 30.7 Å². The van der Waals surface area contributed by atoms with Gasteiger partial charge in [0.15, 0.2) is 5.79 Å². The second-order valence-electron chi connectivity index (χ2n) is 14.4. The molecule has 1 aliphatic carbocycles. The van der Waals surface area contributed by atoms with E-state index in [9.17, 15) is 25.2 Å². The Hall–Kier alpha value is -2.60. The van der Waals surface area contributed by atoms with Gasteiger partial charge in [-0.25, -0.2) is 0 Å². The molecule has 3 fully saturated rings. The van der Waals surface area contributed by atoms with Crippen LogP contribution >= 0.6 is 0 Å². The van der Waals surface area contributed by atoms with Crippen LogP contribution in [-0.2, 0) is 23.8 Å². The van der Waals surface area contributed by atoms with Crippen LogP contribution in [0.25, 0.3) is 0 Å². The van der Waals surface area contributed by atoms with Gasteiger partial charge in [-0.3, -0.25) is 4.79 Å². The molecular weight excluding hydrogens is 602 g/mol. The Balaban J connectivity index is 1.41. The first kappa shape index (κ1) is 37.2. The first-order valence-electron chi connectivity index (χ1n) is 16.9. The van der Waals surface area contributed by atoms with Crippen molar-refractivity contribution in [1.29, 1.82) is 0 Å². The van der Waals surface area contributed by atoms with E-state index in [0.29, 0.717) is 42.7 Å². The number of carbonyl (C=O) groups is 1. The van der Waals surface area contributed by atoms with Crippen LogP contribution in [0.2, 0.25) is 0 Å². The fraction of sp³-hybridized carbons (Fsp3) is 0.676. The standard InChI is InChI=1S/C37H55NO9/c1-21(2)14-25(6)33-26(7)31(38-44-8)19-36(47-33)18-28(39)17-29(46-36)13-12-23(4)15-22(3)10-9-11-27-20-45-34-32(40)24(5)16-30(35(41)42)37(27,34)43/h9-12,14,16,21-22,26,28-30,32-34,39-40,43H,13,15,17-20H2,1-8H3,(H,41,42)/b10-9+,23-12+,25-14+,27-11?,38-31+/t22-,26-,28-,29+,30-,32+,33+,34+,36+,37+/m0/s1. The summed E-state index contributed by atoms with van der Waals surface area (Å²) in [5.74, 6) is -2.81. The molecule has 3 saturated heterocycles. The molecular formula is C37H55NO9. The number of oxime groups is 1. The number of nitrogens with zero attached hydrogens (tertiary/aromatic N) is 1. The van der Waals surface area contributed by atoms with Crippen molar-refractivity contribution in [2.45, 2.75) is 122 Å². The van der Waals surface area contributed by atoms with E-state index in [1.807, 2.05) is 12.2 Å². The molecule has 0 radical (unpaired) electrons. The van der Waals surface area contributed by atoms with Crippen LogP contribution in [0.3, 0.4) is 0 Å². The van der Waals surface area contributed by atoms with Crippen LogP contribution in [0, 0.1) is 23.7 Å². The number of hydrogen-bond acceptors (Lipinski definition) is 9. The normalized spacial score (nSPS) is 39.1. The predicted molar refractivity (Wildman–Crippen MR) is 179 cm³/mol. The van der Waals surface area contributed by atoms with Crippen LogP contribution in [0.5, 0.6) is 0 Å². The number of aliphatic hydroxyl groups excluding tert-OH is 2. The topological polar surface area (TPSA) is 147 Å².